The summed E-state index contributed by atoms with van der Waals surface area (Å²) in [6, 6.07) is 0. The van der Waals surface area contributed by atoms with Gasteiger partial charge in [-0.25, -0.2) is 4.79 Å². The maximum absolute atomic E-state index is 12.4. The second kappa shape index (κ2) is 6.70. The van der Waals surface area contributed by atoms with Crippen LogP contribution in [0.3, 0.4) is 0 Å². The van der Waals surface area contributed by atoms with Gasteiger partial charge in [0.25, 0.3) is 0 Å². The van der Waals surface area contributed by atoms with E-state index in [0.717, 1.165) is 19.3 Å². The maximum Gasteiger partial charge on any atom is 0.379 e. The van der Waals surface area contributed by atoms with E-state index in [1.54, 1.807) is 0 Å². The molecule has 0 aliphatic rings. The molecule has 0 unspecified atom stereocenters. The van der Waals surface area contributed by atoms with E-state index < -0.39 is 18.5 Å². The molecule has 0 rings (SSSR count). The number of unbranched alkanes of at least 4 members (excludes halogenated alkanes) is 3. The van der Waals surface area contributed by atoms with Crippen molar-refractivity contribution in [3.05, 3.63) is 0 Å². The summed E-state index contributed by atoms with van der Waals surface area (Å²) in [5, 5.41) is 8.15. The Balaban J connectivity index is 3.54. The number of carbonyl (C=O) groups is 1. The first-order valence-corrected chi connectivity index (χ1v) is 4.70. The van der Waals surface area contributed by atoms with E-state index >= 15 is 0 Å². The van der Waals surface area contributed by atoms with Crippen LogP contribution in [-0.2, 0) is 9.53 Å². The average molecular weight is 210 g/mol. The van der Waals surface area contributed by atoms with Crippen molar-refractivity contribution in [1.82, 2.24) is 0 Å². The number of hydrogen-bond acceptors (Lipinski definition) is 3. The molecular weight excluding hydrogens is 194 g/mol. The molecule has 0 heterocycles. The highest BCUT2D eigenvalue weighted by Gasteiger charge is 2.39. The number of alkyl halides is 2. The molecular formula is C9H16F2O3. The molecule has 0 aromatic carbocycles. The molecule has 14 heavy (non-hydrogen) atoms. The fourth-order valence-corrected chi connectivity index (χ4v) is 0.864. The van der Waals surface area contributed by atoms with Gasteiger partial charge in [-0.1, -0.05) is 26.2 Å². The lowest BCUT2D eigenvalue weighted by molar-refractivity contribution is -0.177. The Hall–Kier alpha value is -0.710. The Morgan fingerprint density at radius 2 is 2.00 bits per heavy atom. The van der Waals surface area contributed by atoms with Crippen molar-refractivity contribution in [1.29, 1.82) is 0 Å². The summed E-state index contributed by atoms with van der Waals surface area (Å²) in [6.45, 7) is 0.515. The van der Waals surface area contributed by atoms with E-state index in [2.05, 4.69) is 4.74 Å². The third-order valence-corrected chi connectivity index (χ3v) is 1.73. The van der Waals surface area contributed by atoms with Gasteiger partial charge >= 0.3 is 11.9 Å². The SMILES string of the molecule is CCCCCCOC(=O)C(F)(F)CO. The Bertz CT molecular complexity index is 171. The molecule has 0 radical (unpaired) electrons. The minimum Gasteiger partial charge on any atom is -0.461 e. The zero-order chi connectivity index (χ0) is 11.0. The summed E-state index contributed by atoms with van der Waals surface area (Å²) in [6.07, 6.45) is 3.46. The lowest BCUT2D eigenvalue weighted by atomic mass is 10.2. The van der Waals surface area contributed by atoms with Crippen molar-refractivity contribution in [2.45, 2.75) is 38.5 Å². The Kier molecular flexibility index (Phi) is 6.36. The molecule has 0 aliphatic carbocycles. The molecule has 0 aromatic heterocycles. The summed E-state index contributed by atoms with van der Waals surface area (Å²) < 4.78 is 29.1. The highest BCUT2D eigenvalue weighted by molar-refractivity contribution is 5.77. The van der Waals surface area contributed by atoms with Gasteiger partial charge in [-0.2, -0.15) is 8.78 Å². The number of halogens is 2. The van der Waals surface area contributed by atoms with Gasteiger partial charge in [0.2, 0.25) is 0 Å². The number of rotatable bonds is 7. The molecule has 0 saturated carbocycles. The molecule has 0 bridgehead atoms. The van der Waals surface area contributed by atoms with Gasteiger partial charge < -0.3 is 9.84 Å². The average Bonchev–Trinajstić information content (AvgIpc) is 2.17. The van der Waals surface area contributed by atoms with E-state index in [0.29, 0.717) is 6.42 Å². The molecule has 0 spiro atoms. The van der Waals surface area contributed by atoms with E-state index in [4.69, 9.17) is 5.11 Å². The predicted molar refractivity (Wildman–Crippen MR) is 47.1 cm³/mol. The fraction of sp³-hybridized carbons (Fsp3) is 0.889. The van der Waals surface area contributed by atoms with Gasteiger partial charge in [-0.05, 0) is 6.42 Å². The minimum atomic E-state index is -3.76. The van der Waals surface area contributed by atoms with Crippen molar-refractivity contribution >= 4 is 5.97 Å². The van der Waals surface area contributed by atoms with E-state index in [-0.39, 0.29) is 6.61 Å². The smallest absolute Gasteiger partial charge is 0.379 e. The standard InChI is InChI=1S/C9H16F2O3/c1-2-3-4-5-6-14-8(13)9(10,11)7-12/h12H,2-7H2,1H3. The topological polar surface area (TPSA) is 46.5 Å². The normalized spacial score (nSPS) is 11.4. The Morgan fingerprint density at radius 3 is 2.50 bits per heavy atom. The van der Waals surface area contributed by atoms with Crippen molar-refractivity contribution in [2.75, 3.05) is 13.2 Å². The molecule has 0 atom stereocenters. The maximum atomic E-state index is 12.4. The highest BCUT2D eigenvalue weighted by atomic mass is 19.3. The van der Waals surface area contributed by atoms with E-state index in [1.165, 1.54) is 0 Å². The summed E-state index contributed by atoms with van der Waals surface area (Å²) in [4.78, 5) is 10.6. The summed E-state index contributed by atoms with van der Waals surface area (Å²) >= 11 is 0. The Labute approximate surface area is 82.1 Å². The molecule has 3 nitrogen and oxygen atoms in total. The zero-order valence-electron chi connectivity index (χ0n) is 8.26. The third kappa shape index (κ3) is 5.11. The highest BCUT2D eigenvalue weighted by Crippen LogP contribution is 2.14. The van der Waals surface area contributed by atoms with Crippen LogP contribution in [0.2, 0.25) is 0 Å². The van der Waals surface area contributed by atoms with E-state index in [1.807, 2.05) is 6.92 Å². The first kappa shape index (κ1) is 13.3. The largest absolute Gasteiger partial charge is 0.461 e. The zero-order valence-corrected chi connectivity index (χ0v) is 8.26. The first-order valence-electron chi connectivity index (χ1n) is 4.70. The number of ether oxygens (including phenoxy) is 1. The van der Waals surface area contributed by atoms with Gasteiger partial charge in [0.05, 0.1) is 6.61 Å². The van der Waals surface area contributed by atoms with Gasteiger partial charge in [0.15, 0.2) is 0 Å². The number of hydrogen-bond donors (Lipinski definition) is 1. The number of carbonyl (C=O) groups excluding carboxylic acids is 1. The molecule has 0 aliphatic heterocycles. The minimum absolute atomic E-state index is 0.00553. The molecule has 1 N–H and O–H groups in total. The number of esters is 1. The van der Waals surface area contributed by atoms with Gasteiger partial charge in [0, 0.05) is 0 Å². The van der Waals surface area contributed by atoms with Gasteiger partial charge in [0.1, 0.15) is 6.61 Å². The third-order valence-electron chi connectivity index (χ3n) is 1.73. The van der Waals surface area contributed by atoms with Crippen LogP contribution in [0.5, 0.6) is 0 Å². The van der Waals surface area contributed by atoms with Crippen LogP contribution in [0.25, 0.3) is 0 Å². The molecule has 5 heteroatoms. The van der Waals surface area contributed by atoms with Crippen LogP contribution < -0.4 is 0 Å². The van der Waals surface area contributed by atoms with Crippen molar-refractivity contribution in [3.63, 3.8) is 0 Å². The molecule has 0 saturated heterocycles. The fourth-order valence-electron chi connectivity index (χ4n) is 0.864. The molecule has 0 fully saturated rings. The first-order chi connectivity index (χ1) is 6.54. The predicted octanol–water partition coefficient (Wildman–Crippen LogP) is 1.74. The Morgan fingerprint density at radius 1 is 1.36 bits per heavy atom. The van der Waals surface area contributed by atoms with Crippen molar-refractivity contribution < 1.29 is 23.4 Å². The van der Waals surface area contributed by atoms with E-state index in [9.17, 15) is 13.6 Å². The van der Waals surface area contributed by atoms with Crippen LogP contribution in [0.15, 0.2) is 0 Å². The lowest BCUT2D eigenvalue weighted by Gasteiger charge is -2.11. The van der Waals surface area contributed by atoms with Gasteiger partial charge in [-0.3, -0.25) is 0 Å². The van der Waals surface area contributed by atoms with Crippen LogP contribution in [0.4, 0.5) is 8.78 Å². The lowest BCUT2D eigenvalue weighted by Crippen LogP contribution is -2.34. The van der Waals surface area contributed by atoms with Crippen molar-refractivity contribution in [3.8, 4) is 0 Å². The van der Waals surface area contributed by atoms with Crippen LogP contribution >= 0.6 is 0 Å². The molecule has 0 amide bonds. The van der Waals surface area contributed by atoms with Crippen LogP contribution in [-0.4, -0.2) is 30.2 Å². The van der Waals surface area contributed by atoms with Crippen molar-refractivity contribution in [2.24, 2.45) is 0 Å². The second-order valence-electron chi connectivity index (χ2n) is 3.06. The van der Waals surface area contributed by atoms with Crippen LogP contribution in [0.1, 0.15) is 32.6 Å². The second-order valence-corrected chi connectivity index (χ2v) is 3.06. The summed E-state index contributed by atoms with van der Waals surface area (Å²) in [5.41, 5.74) is 0. The molecule has 0 aromatic rings. The number of aliphatic hydroxyl groups excluding tert-OH is 1. The summed E-state index contributed by atoms with van der Waals surface area (Å²) in [7, 11) is 0. The van der Waals surface area contributed by atoms with Crippen LogP contribution in [0, 0.1) is 0 Å². The monoisotopic (exact) mass is 210 g/mol. The summed E-state index contributed by atoms with van der Waals surface area (Å²) in [5.74, 6) is -5.40. The van der Waals surface area contributed by atoms with Gasteiger partial charge in [-0.15, -0.1) is 0 Å². The number of aliphatic hydroxyl groups is 1. The quantitative estimate of drug-likeness (QED) is 0.514. The molecule has 84 valence electrons.